The molecule has 0 unspecified atom stereocenters. The summed E-state index contributed by atoms with van der Waals surface area (Å²) in [6.45, 7) is 5.35. The normalized spacial score (nSPS) is 10.8. The minimum absolute atomic E-state index is 0.149. The van der Waals surface area contributed by atoms with Crippen LogP contribution in [0.4, 0.5) is 5.13 Å². The Hall–Kier alpha value is -2.61. The lowest BCUT2D eigenvalue weighted by Gasteiger charge is -2.12. The number of ether oxygens (including phenoxy) is 3. The van der Waals surface area contributed by atoms with E-state index in [1.165, 1.54) is 18.4 Å². The van der Waals surface area contributed by atoms with Gasteiger partial charge in [0.2, 0.25) is 5.13 Å². The number of rotatable bonds is 12. The number of nitrogens with one attached hydrogen (secondary N) is 1. The number of aromatic nitrogens is 1. The first-order valence-electron chi connectivity index (χ1n) is 9.36. The van der Waals surface area contributed by atoms with E-state index >= 15 is 0 Å². The highest BCUT2D eigenvalue weighted by Gasteiger charge is 2.08. The van der Waals surface area contributed by atoms with E-state index in [1.54, 1.807) is 11.6 Å². The van der Waals surface area contributed by atoms with Gasteiger partial charge in [0, 0.05) is 5.38 Å². The van der Waals surface area contributed by atoms with Gasteiger partial charge in [-0.05, 0) is 37.1 Å². The predicted molar refractivity (Wildman–Crippen MR) is 112 cm³/mol. The summed E-state index contributed by atoms with van der Waals surface area (Å²) in [5.41, 5.74) is 4.40. The maximum atomic E-state index is 11.3. The Labute approximate surface area is 169 Å². The van der Waals surface area contributed by atoms with Gasteiger partial charge in [0.25, 0.3) is 0 Å². The van der Waals surface area contributed by atoms with Gasteiger partial charge < -0.3 is 14.2 Å². The number of anilines is 1. The minimum atomic E-state index is -0.319. The highest BCUT2D eigenvalue weighted by Crippen LogP contribution is 2.28. The molecule has 0 spiro atoms. The molecule has 152 valence electrons. The molecular formula is C20H27N3O4S. The van der Waals surface area contributed by atoms with Crippen molar-refractivity contribution in [1.82, 2.24) is 4.98 Å². The number of carbonyl (C=O) groups is 1. The molecule has 8 heteroatoms. The van der Waals surface area contributed by atoms with E-state index in [0.29, 0.717) is 29.8 Å². The molecule has 1 aromatic heterocycles. The fraction of sp³-hybridized carbons (Fsp3) is 0.450. The van der Waals surface area contributed by atoms with Gasteiger partial charge in [-0.2, -0.15) is 5.10 Å². The van der Waals surface area contributed by atoms with E-state index in [2.05, 4.69) is 27.2 Å². The number of thiazole rings is 1. The first-order valence-corrected chi connectivity index (χ1v) is 10.2. The van der Waals surface area contributed by atoms with Crippen molar-refractivity contribution < 1.29 is 19.0 Å². The Balaban J connectivity index is 1.95. The van der Waals surface area contributed by atoms with E-state index in [4.69, 9.17) is 9.47 Å². The van der Waals surface area contributed by atoms with Gasteiger partial charge in [-0.25, -0.2) is 4.98 Å². The molecule has 2 rings (SSSR count). The molecule has 0 saturated carbocycles. The van der Waals surface area contributed by atoms with Crippen molar-refractivity contribution in [3.05, 3.63) is 34.8 Å². The minimum Gasteiger partial charge on any atom is -0.490 e. The number of nitrogens with zero attached hydrogens (tertiary/aromatic N) is 2. The predicted octanol–water partition coefficient (Wildman–Crippen LogP) is 4.27. The summed E-state index contributed by atoms with van der Waals surface area (Å²) in [5.74, 6) is 1.13. The fourth-order valence-electron chi connectivity index (χ4n) is 2.35. The summed E-state index contributed by atoms with van der Waals surface area (Å²) in [7, 11) is 1.36. The summed E-state index contributed by atoms with van der Waals surface area (Å²) < 4.78 is 16.2. The molecule has 28 heavy (non-hydrogen) atoms. The van der Waals surface area contributed by atoms with Crippen molar-refractivity contribution in [2.45, 2.75) is 39.5 Å². The van der Waals surface area contributed by atoms with Crippen LogP contribution in [0.2, 0.25) is 0 Å². The Kier molecular flexibility index (Phi) is 9.27. The maximum absolute atomic E-state index is 11.3. The zero-order chi connectivity index (χ0) is 20.2. The Morgan fingerprint density at radius 3 is 2.86 bits per heavy atom. The standard InChI is InChI=1S/C20H27N3O4S/c1-4-6-7-10-27-17-9-8-15(11-18(17)26-5-2)13-21-23-20-22-16(14-28-20)12-19(24)25-3/h8-9,11,13-14H,4-7,10,12H2,1-3H3,(H,22,23)/b21-13-. The average Bonchev–Trinajstić information content (AvgIpc) is 3.14. The molecule has 0 bridgehead atoms. The smallest absolute Gasteiger partial charge is 0.311 e. The third kappa shape index (κ3) is 7.19. The van der Waals surface area contributed by atoms with Crippen LogP contribution in [-0.4, -0.2) is 37.5 Å². The molecular weight excluding hydrogens is 378 g/mol. The molecule has 1 aromatic carbocycles. The Morgan fingerprint density at radius 1 is 1.25 bits per heavy atom. The molecule has 0 amide bonds. The molecule has 7 nitrogen and oxygen atoms in total. The summed E-state index contributed by atoms with van der Waals surface area (Å²) in [6, 6.07) is 5.72. The van der Waals surface area contributed by atoms with Crippen LogP contribution in [0.15, 0.2) is 28.7 Å². The molecule has 0 aliphatic rings. The molecule has 1 heterocycles. The van der Waals surface area contributed by atoms with E-state index < -0.39 is 0 Å². The van der Waals surface area contributed by atoms with Gasteiger partial charge in [0.1, 0.15) is 0 Å². The lowest BCUT2D eigenvalue weighted by atomic mass is 10.2. The molecule has 1 N–H and O–H groups in total. The van der Waals surface area contributed by atoms with Gasteiger partial charge in [-0.1, -0.05) is 19.8 Å². The van der Waals surface area contributed by atoms with Gasteiger partial charge in [0.15, 0.2) is 11.5 Å². The summed E-state index contributed by atoms with van der Waals surface area (Å²) >= 11 is 1.38. The molecule has 0 aliphatic carbocycles. The zero-order valence-electron chi connectivity index (χ0n) is 16.6. The highest BCUT2D eigenvalue weighted by molar-refractivity contribution is 7.13. The van der Waals surface area contributed by atoms with Crippen LogP contribution in [0.1, 0.15) is 44.4 Å². The topological polar surface area (TPSA) is 82.0 Å². The Bertz CT molecular complexity index is 777. The van der Waals surface area contributed by atoms with E-state index in [9.17, 15) is 4.79 Å². The van der Waals surface area contributed by atoms with Gasteiger partial charge in [0.05, 0.1) is 38.7 Å². The van der Waals surface area contributed by atoms with Crippen LogP contribution in [0.3, 0.4) is 0 Å². The SMILES string of the molecule is CCCCCOc1ccc(/C=N\Nc2nc(CC(=O)OC)cs2)cc1OCC. The van der Waals surface area contributed by atoms with Gasteiger partial charge >= 0.3 is 5.97 Å². The van der Waals surface area contributed by atoms with Crippen LogP contribution in [-0.2, 0) is 16.0 Å². The number of esters is 1. The van der Waals surface area contributed by atoms with Crippen molar-refractivity contribution >= 4 is 28.7 Å². The number of methoxy groups -OCH3 is 1. The largest absolute Gasteiger partial charge is 0.490 e. The van der Waals surface area contributed by atoms with E-state index in [-0.39, 0.29) is 12.4 Å². The van der Waals surface area contributed by atoms with Crippen LogP contribution in [0.5, 0.6) is 11.5 Å². The fourth-order valence-corrected chi connectivity index (χ4v) is 3.01. The maximum Gasteiger partial charge on any atom is 0.311 e. The second-order valence-corrected chi connectivity index (χ2v) is 6.82. The average molecular weight is 406 g/mol. The second-order valence-electron chi connectivity index (χ2n) is 5.96. The number of hydrazone groups is 1. The van der Waals surface area contributed by atoms with E-state index in [0.717, 1.165) is 30.6 Å². The zero-order valence-corrected chi connectivity index (χ0v) is 17.4. The highest BCUT2D eigenvalue weighted by atomic mass is 32.1. The van der Waals surface area contributed by atoms with Crippen LogP contribution < -0.4 is 14.9 Å². The van der Waals surface area contributed by atoms with E-state index in [1.807, 2.05) is 25.1 Å². The molecule has 2 aromatic rings. The van der Waals surface area contributed by atoms with Crippen LogP contribution in [0.25, 0.3) is 0 Å². The summed E-state index contributed by atoms with van der Waals surface area (Å²) in [5, 5.41) is 6.61. The molecule has 0 radical (unpaired) electrons. The molecule has 0 saturated heterocycles. The lowest BCUT2D eigenvalue weighted by Crippen LogP contribution is -2.04. The third-order valence-corrected chi connectivity index (χ3v) is 4.55. The first-order chi connectivity index (χ1) is 13.7. The van der Waals surface area contributed by atoms with Crippen LogP contribution >= 0.6 is 11.3 Å². The molecule has 0 atom stereocenters. The van der Waals surface area contributed by atoms with Crippen molar-refractivity contribution in [2.75, 3.05) is 25.7 Å². The number of benzene rings is 1. The molecule has 0 aliphatic heterocycles. The molecule has 0 fully saturated rings. The summed E-state index contributed by atoms with van der Waals surface area (Å²) in [4.78, 5) is 15.6. The third-order valence-electron chi connectivity index (χ3n) is 3.75. The van der Waals surface area contributed by atoms with Crippen molar-refractivity contribution in [3.63, 3.8) is 0 Å². The Morgan fingerprint density at radius 2 is 2.11 bits per heavy atom. The summed E-state index contributed by atoms with van der Waals surface area (Å²) in [6.07, 6.45) is 5.17. The van der Waals surface area contributed by atoms with Crippen molar-refractivity contribution in [3.8, 4) is 11.5 Å². The number of carbonyl (C=O) groups excluding carboxylic acids is 1. The monoisotopic (exact) mass is 405 g/mol. The van der Waals surface area contributed by atoms with Crippen molar-refractivity contribution in [1.29, 1.82) is 0 Å². The van der Waals surface area contributed by atoms with Gasteiger partial charge in [-0.3, -0.25) is 10.2 Å². The quantitative estimate of drug-likeness (QED) is 0.246. The first kappa shape index (κ1) is 21.7. The number of unbranched alkanes of at least 4 members (excludes halogenated alkanes) is 2. The van der Waals surface area contributed by atoms with Gasteiger partial charge in [-0.15, -0.1) is 11.3 Å². The number of hydrogen-bond acceptors (Lipinski definition) is 8. The lowest BCUT2D eigenvalue weighted by molar-refractivity contribution is -0.139. The number of hydrogen-bond donors (Lipinski definition) is 1. The van der Waals surface area contributed by atoms with Crippen molar-refractivity contribution in [2.24, 2.45) is 5.10 Å². The second kappa shape index (κ2) is 12.0. The van der Waals surface area contributed by atoms with Crippen LogP contribution in [0, 0.1) is 0 Å².